The van der Waals surface area contributed by atoms with Crippen LogP contribution >= 0.6 is 22.7 Å². The van der Waals surface area contributed by atoms with Gasteiger partial charge in [0.25, 0.3) is 0 Å². The Hall–Kier alpha value is -5.19. The Morgan fingerprint density at radius 1 is 0.596 bits per heavy atom. The third kappa shape index (κ3) is 7.45. The van der Waals surface area contributed by atoms with E-state index >= 15 is 0 Å². The van der Waals surface area contributed by atoms with Crippen LogP contribution in [0.15, 0.2) is 139 Å². The first kappa shape index (κ1) is 30.5. The Morgan fingerprint density at radius 3 is 1.89 bits per heavy atom. The number of thiophene rings is 1. The van der Waals surface area contributed by atoms with Crippen LogP contribution < -0.4 is 4.90 Å². The van der Waals surface area contributed by atoms with Gasteiger partial charge in [0.05, 0.1) is 33.4 Å². The fraction of sp³-hybridized carbons (Fsp3) is 0.162. The maximum absolute atomic E-state index is 4.68. The lowest BCUT2D eigenvalue weighted by Crippen LogP contribution is -2.15. The number of aryl methyl sites for hydroxylation is 2. The van der Waals surface area contributed by atoms with Crippen LogP contribution in [0.2, 0.25) is 0 Å². The number of hydrogen-bond donors (Lipinski definition) is 0. The van der Waals surface area contributed by atoms with E-state index in [9.17, 15) is 0 Å². The van der Waals surface area contributed by atoms with E-state index in [0.717, 1.165) is 63.2 Å². The van der Waals surface area contributed by atoms with Crippen LogP contribution in [-0.2, 0) is 0 Å². The summed E-state index contributed by atoms with van der Waals surface area (Å²) in [5.41, 5.74) is 9.31. The monoisotopic (exact) mass is 652 g/mol. The molecule has 6 aromatic rings. The first-order chi connectivity index (χ1) is 23.1. The van der Waals surface area contributed by atoms with E-state index in [-0.39, 0.29) is 0 Å². The smallest absolute Gasteiger partial charge is 0.230 e. The lowest BCUT2D eigenvalue weighted by atomic mass is 10.0. The van der Waals surface area contributed by atoms with Gasteiger partial charge in [-0.05, 0) is 97.5 Å². The first-order valence-electron chi connectivity index (χ1n) is 15.5. The summed E-state index contributed by atoms with van der Waals surface area (Å²) in [7, 11) is 0. The summed E-state index contributed by atoms with van der Waals surface area (Å²) in [5, 5.41) is 31.5. The van der Waals surface area contributed by atoms with E-state index in [2.05, 4.69) is 83.0 Å². The molecule has 1 aliphatic rings. The van der Waals surface area contributed by atoms with Gasteiger partial charge in [-0.2, -0.15) is 10.2 Å². The Labute approximate surface area is 282 Å². The summed E-state index contributed by atoms with van der Waals surface area (Å²) < 4.78 is 0. The SMILES string of the molecule is Cc1cc(/N=N/c2ccc(N3CCCC3)s2)ccc1/N=N/c1ccc(/N=N/c2nc(-c3ccc(-c4ccccc4)cc3)cs2)c(C)c1. The molecule has 0 radical (unpaired) electrons. The normalized spacial score (nSPS) is 13.5. The molecule has 0 unspecified atom stereocenters. The molecule has 10 heteroatoms. The predicted molar refractivity (Wildman–Crippen MR) is 194 cm³/mol. The summed E-state index contributed by atoms with van der Waals surface area (Å²) in [5.74, 6) is 0. The molecule has 47 heavy (non-hydrogen) atoms. The standard InChI is InChI=1S/C37H32N8S2/c1-25-23-31(40-43-35-18-19-36(47-35)45-20-6-7-21-45)15-16-32(25)41-39-30-14-17-33(26(2)22-30)42-44-37-38-34(24-46-37)29-12-10-28(11-13-29)27-8-4-3-5-9-27/h3-5,8-19,22-24H,6-7,20-21H2,1-2H3/b41-39+,43-40+,44-42+. The van der Waals surface area contributed by atoms with Crippen molar-refractivity contribution >= 4 is 60.6 Å². The van der Waals surface area contributed by atoms with E-state index in [0.29, 0.717) is 5.13 Å². The summed E-state index contributed by atoms with van der Waals surface area (Å²) in [6.07, 6.45) is 2.52. The number of aromatic nitrogens is 1. The topological polar surface area (TPSA) is 90.3 Å². The minimum absolute atomic E-state index is 0.607. The van der Waals surface area contributed by atoms with Crippen molar-refractivity contribution in [3.05, 3.63) is 120 Å². The molecule has 232 valence electrons. The second kappa shape index (κ2) is 14.1. The number of nitrogens with zero attached hydrogens (tertiary/aromatic N) is 8. The molecule has 0 spiro atoms. The van der Waals surface area contributed by atoms with E-state index in [1.807, 2.05) is 79.9 Å². The van der Waals surface area contributed by atoms with E-state index < -0.39 is 0 Å². The highest BCUT2D eigenvalue weighted by Gasteiger charge is 2.14. The number of azo groups is 3. The van der Waals surface area contributed by atoms with Crippen molar-refractivity contribution in [3.8, 4) is 22.4 Å². The largest absolute Gasteiger partial charge is 0.363 e. The number of benzene rings is 4. The molecule has 3 heterocycles. The van der Waals surface area contributed by atoms with E-state index in [1.165, 1.54) is 40.3 Å². The molecule has 0 atom stereocenters. The van der Waals surface area contributed by atoms with Crippen LogP contribution in [0, 0.1) is 13.8 Å². The van der Waals surface area contributed by atoms with Gasteiger partial charge >= 0.3 is 0 Å². The van der Waals surface area contributed by atoms with Crippen LogP contribution in [0.5, 0.6) is 0 Å². The molecule has 0 amide bonds. The second-order valence-corrected chi connectivity index (χ2v) is 13.2. The van der Waals surface area contributed by atoms with Crippen molar-refractivity contribution in [3.63, 3.8) is 0 Å². The van der Waals surface area contributed by atoms with Gasteiger partial charge in [0.1, 0.15) is 5.00 Å². The summed E-state index contributed by atoms with van der Waals surface area (Å²) in [4.78, 5) is 7.09. The Bertz CT molecular complexity index is 2070. The molecule has 0 saturated carbocycles. The molecule has 0 N–H and O–H groups in total. The molecule has 7 rings (SSSR count). The second-order valence-electron chi connectivity index (χ2n) is 11.3. The average Bonchev–Trinajstić information content (AvgIpc) is 3.90. The highest BCUT2D eigenvalue weighted by Crippen LogP contribution is 2.36. The summed E-state index contributed by atoms with van der Waals surface area (Å²) in [6, 6.07) is 34.5. The molecule has 0 aliphatic carbocycles. The molecule has 8 nitrogen and oxygen atoms in total. The van der Waals surface area contributed by atoms with Crippen molar-refractivity contribution in [2.24, 2.45) is 30.7 Å². The molecular formula is C37H32N8S2. The molecule has 4 aromatic carbocycles. The summed E-state index contributed by atoms with van der Waals surface area (Å²) in [6.45, 7) is 6.24. The average molecular weight is 653 g/mol. The fourth-order valence-electron chi connectivity index (χ4n) is 5.33. The van der Waals surface area contributed by atoms with E-state index in [4.69, 9.17) is 0 Å². The molecule has 2 aromatic heterocycles. The number of rotatable bonds is 9. The van der Waals surface area contributed by atoms with Gasteiger partial charge in [0, 0.05) is 24.0 Å². The maximum Gasteiger partial charge on any atom is 0.230 e. The van der Waals surface area contributed by atoms with Gasteiger partial charge in [0.2, 0.25) is 5.13 Å². The quantitative estimate of drug-likeness (QED) is 0.145. The predicted octanol–water partition coefficient (Wildman–Crippen LogP) is 13.0. The lowest BCUT2D eigenvalue weighted by Gasteiger charge is -2.13. The van der Waals surface area contributed by atoms with Crippen LogP contribution in [0.1, 0.15) is 24.0 Å². The van der Waals surface area contributed by atoms with Gasteiger partial charge < -0.3 is 4.90 Å². The van der Waals surface area contributed by atoms with Crippen molar-refractivity contribution < 1.29 is 0 Å². The lowest BCUT2D eigenvalue weighted by molar-refractivity contribution is 0.949. The number of hydrogen-bond acceptors (Lipinski definition) is 10. The van der Waals surface area contributed by atoms with Crippen LogP contribution in [0.3, 0.4) is 0 Å². The zero-order chi connectivity index (χ0) is 32.0. The zero-order valence-electron chi connectivity index (χ0n) is 26.1. The Morgan fingerprint density at radius 2 is 1.21 bits per heavy atom. The molecule has 1 aliphatic heterocycles. The van der Waals surface area contributed by atoms with Crippen molar-refractivity contribution in [1.82, 2.24) is 4.98 Å². The minimum Gasteiger partial charge on any atom is -0.363 e. The molecule has 0 bridgehead atoms. The molecule has 1 saturated heterocycles. The van der Waals surface area contributed by atoms with Gasteiger partial charge in [-0.1, -0.05) is 65.9 Å². The van der Waals surface area contributed by atoms with Gasteiger partial charge in [-0.25, -0.2) is 4.98 Å². The highest BCUT2D eigenvalue weighted by atomic mass is 32.1. The zero-order valence-corrected chi connectivity index (χ0v) is 27.7. The Balaban J connectivity index is 0.967. The van der Waals surface area contributed by atoms with Gasteiger partial charge in [-0.3, -0.25) is 0 Å². The van der Waals surface area contributed by atoms with Crippen molar-refractivity contribution in [1.29, 1.82) is 0 Å². The van der Waals surface area contributed by atoms with Gasteiger partial charge in [0.15, 0.2) is 0 Å². The van der Waals surface area contributed by atoms with Crippen LogP contribution in [-0.4, -0.2) is 18.1 Å². The highest BCUT2D eigenvalue weighted by molar-refractivity contribution is 7.19. The van der Waals surface area contributed by atoms with Crippen molar-refractivity contribution in [2.75, 3.05) is 18.0 Å². The minimum atomic E-state index is 0.607. The van der Waals surface area contributed by atoms with Crippen LogP contribution in [0.25, 0.3) is 22.4 Å². The molecule has 1 fully saturated rings. The fourth-order valence-corrected chi connectivity index (χ4v) is 6.85. The Kier molecular flexibility index (Phi) is 9.12. The van der Waals surface area contributed by atoms with Crippen LogP contribution in [0.4, 0.5) is 37.9 Å². The first-order valence-corrected chi connectivity index (χ1v) is 17.2. The van der Waals surface area contributed by atoms with Crippen molar-refractivity contribution in [2.45, 2.75) is 26.7 Å². The summed E-state index contributed by atoms with van der Waals surface area (Å²) >= 11 is 3.15. The maximum atomic E-state index is 4.68. The van der Waals surface area contributed by atoms with E-state index in [1.54, 1.807) is 11.3 Å². The third-order valence-corrected chi connectivity index (χ3v) is 9.67. The number of anilines is 1. The number of thiazole rings is 1. The third-order valence-electron chi connectivity index (χ3n) is 7.92. The van der Waals surface area contributed by atoms with Gasteiger partial charge in [-0.15, -0.1) is 31.8 Å². The molecular weight excluding hydrogens is 621 g/mol.